The van der Waals surface area contributed by atoms with Gasteiger partial charge in [-0.25, -0.2) is 5.43 Å². The van der Waals surface area contributed by atoms with Crippen molar-refractivity contribution in [3.05, 3.63) is 41.5 Å². The van der Waals surface area contributed by atoms with Crippen LogP contribution in [0.4, 0.5) is 0 Å². The second-order valence-electron chi connectivity index (χ2n) is 3.34. The predicted molar refractivity (Wildman–Crippen MR) is 66.6 cm³/mol. The number of hydrogen-bond donors (Lipinski definition) is 1. The number of carbonyl (C=O) groups excluding carboxylic acids is 2. The summed E-state index contributed by atoms with van der Waals surface area (Å²) in [5.41, 5.74) is 3.52. The fourth-order valence-corrected chi connectivity index (χ4v) is 1.40. The third kappa shape index (κ3) is 3.53. The van der Waals surface area contributed by atoms with Gasteiger partial charge in [0.25, 0.3) is 5.91 Å². The average Bonchev–Trinajstić information content (AvgIpc) is 2.38. The van der Waals surface area contributed by atoms with Crippen molar-refractivity contribution in [1.29, 1.82) is 0 Å². The Morgan fingerprint density at radius 1 is 1.41 bits per heavy atom. The molecule has 0 saturated carbocycles. The van der Waals surface area contributed by atoms with Crippen molar-refractivity contribution in [2.24, 2.45) is 0 Å². The molecule has 0 aliphatic heterocycles. The summed E-state index contributed by atoms with van der Waals surface area (Å²) in [6.45, 7) is 2.29. The molecule has 0 aliphatic rings. The molecule has 89 valence electrons. The largest absolute Gasteiger partial charge is 0.285 e. The van der Waals surface area contributed by atoms with E-state index in [2.05, 4.69) is 5.43 Å². The highest BCUT2D eigenvalue weighted by Crippen LogP contribution is 2.07. The molecule has 0 saturated heterocycles. The highest BCUT2D eigenvalue weighted by Gasteiger charge is 2.15. The molecular weight excluding hydrogens is 216 g/mol. The molecule has 0 fully saturated rings. The predicted octanol–water partition coefficient (Wildman–Crippen LogP) is 1.16. The maximum Gasteiger partial charge on any atom is 0.272 e. The summed E-state index contributed by atoms with van der Waals surface area (Å²) in [6, 6.07) is 9.19. The average molecular weight is 231 g/mol. The van der Waals surface area contributed by atoms with Gasteiger partial charge in [-0.3, -0.25) is 14.6 Å². The molecule has 1 aromatic carbocycles. The number of nitrogens with one attached hydrogen (secondary N) is 1. The van der Waals surface area contributed by atoms with E-state index < -0.39 is 0 Å². The summed E-state index contributed by atoms with van der Waals surface area (Å²) in [7, 11) is 1.63. The molecule has 1 radical (unpaired) electrons. The SMILES string of the molecule is CCN(NC)C(=O)C([C]=O)=Cc1ccccc1. The molecule has 0 bridgehead atoms. The Hall–Kier alpha value is -1.94. The van der Waals surface area contributed by atoms with Crippen molar-refractivity contribution in [2.45, 2.75) is 6.92 Å². The summed E-state index contributed by atoms with van der Waals surface area (Å²) >= 11 is 0. The van der Waals surface area contributed by atoms with Crippen LogP contribution >= 0.6 is 0 Å². The number of hydrazine groups is 1. The van der Waals surface area contributed by atoms with E-state index >= 15 is 0 Å². The second-order valence-corrected chi connectivity index (χ2v) is 3.34. The molecule has 0 atom stereocenters. The van der Waals surface area contributed by atoms with Gasteiger partial charge in [0.15, 0.2) is 0 Å². The van der Waals surface area contributed by atoms with Crippen molar-refractivity contribution in [3.63, 3.8) is 0 Å². The van der Waals surface area contributed by atoms with Crippen LogP contribution in [0, 0.1) is 0 Å². The normalized spacial score (nSPS) is 11.1. The molecule has 0 spiro atoms. The molecule has 17 heavy (non-hydrogen) atoms. The second kappa shape index (κ2) is 6.60. The maximum atomic E-state index is 11.9. The molecule has 4 nitrogen and oxygen atoms in total. The van der Waals surface area contributed by atoms with Gasteiger partial charge in [-0.15, -0.1) is 0 Å². The number of carbonyl (C=O) groups is 1. The van der Waals surface area contributed by atoms with Crippen LogP contribution in [0.25, 0.3) is 6.08 Å². The van der Waals surface area contributed by atoms with Gasteiger partial charge >= 0.3 is 0 Å². The number of amides is 1. The molecule has 4 heteroatoms. The fraction of sp³-hybridized carbons (Fsp3) is 0.231. The topological polar surface area (TPSA) is 49.4 Å². The first-order chi connectivity index (χ1) is 8.22. The Morgan fingerprint density at radius 2 is 2.06 bits per heavy atom. The third-order valence-corrected chi connectivity index (χ3v) is 2.28. The first-order valence-corrected chi connectivity index (χ1v) is 5.37. The van der Waals surface area contributed by atoms with E-state index in [4.69, 9.17) is 0 Å². The Labute approximate surface area is 101 Å². The lowest BCUT2D eigenvalue weighted by Gasteiger charge is -2.18. The van der Waals surface area contributed by atoms with Crippen molar-refractivity contribution in [1.82, 2.24) is 10.4 Å². The van der Waals surface area contributed by atoms with Gasteiger partial charge in [-0.05, 0) is 18.6 Å². The van der Waals surface area contributed by atoms with Crippen LogP contribution in [0.1, 0.15) is 12.5 Å². The van der Waals surface area contributed by atoms with Crippen LogP contribution in [0.15, 0.2) is 35.9 Å². The first-order valence-electron chi connectivity index (χ1n) is 5.37. The number of nitrogens with zero attached hydrogens (tertiary/aromatic N) is 1. The standard InChI is InChI=1S/C13H15N2O2/c1-3-15(14-2)13(17)12(10-16)9-11-7-5-4-6-8-11/h4-9,14H,3H2,1-2H3. The quantitative estimate of drug-likeness (QED) is 0.358. The van der Waals surface area contributed by atoms with Crippen LogP contribution in [0.2, 0.25) is 0 Å². The van der Waals surface area contributed by atoms with Gasteiger partial charge in [0.1, 0.15) is 0 Å². The Balaban J connectivity index is 2.96. The van der Waals surface area contributed by atoms with Gasteiger partial charge < -0.3 is 0 Å². The summed E-state index contributed by atoms with van der Waals surface area (Å²) < 4.78 is 0. The van der Waals surface area contributed by atoms with Gasteiger partial charge in [-0.2, -0.15) is 0 Å². The Morgan fingerprint density at radius 3 is 2.53 bits per heavy atom. The lowest BCUT2D eigenvalue weighted by Crippen LogP contribution is -2.41. The summed E-state index contributed by atoms with van der Waals surface area (Å²) in [6.07, 6.45) is 3.20. The summed E-state index contributed by atoms with van der Waals surface area (Å²) in [4.78, 5) is 22.7. The van der Waals surface area contributed by atoms with Crippen LogP contribution < -0.4 is 5.43 Å². The van der Waals surface area contributed by atoms with Crippen molar-refractivity contribution >= 4 is 18.3 Å². The first kappa shape index (κ1) is 13.1. The molecular formula is C13H15N2O2. The van der Waals surface area contributed by atoms with Gasteiger partial charge in [0, 0.05) is 13.6 Å². The third-order valence-electron chi connectivity index (χ3n) is 2.28. The van der Waals surface area contributed by atoms with Crippen LogP contribution in [0.5, 0.6) is 0 Å². The maximum absolute atomic E-state index is 11.9. The van der Waals surface area contributed by atoms with Crippen LogP contribution in [-0.2, 0) is 9.59 Å². The zero-order valence-electron chi connectivity index (χ0n) is 9.93. The Kier molecular flexibility index (Phi) is 5.10. The van der Waals surface area contributed by atoms with Gasteiger partial charge in [-0.1, -0.05) is 30.3 Å². The Bertz CT molecular complexity index is 409. The van der Waals surface area contributed by atoms with E-state index in [1.54, 1.807) is 13.3 Å². The lowest BCUT2D eigenvalue weighted by atomic mass is 10.1. The van der Waals surface area contributed by atoms with Crippen molar-refractivity contribution < 1.29 is 9.59 Å². The smallest absolute Gasteiger partial charge is 0.272 e. The van der Waals surface area contributed by atoms with Crippen molar-refractivity contribution in [3.8, 4) is 0 Å². The lowest BCUT2D eigenvalue weighted by molar-refractivity contribution is -0.128. The summed E-state index contributed by atoms with van der Waals surface area (Å²) in [5.74, 6) is -0.381. The molecule has 1 N–H and O–H groups in total. The van der Waals surface area contributed by atoms with E-state index in [0.717, 1.165) is 5.56 Å². The zero-order chi connectivity index (χ0) is 12.7. The van der Waals surface area contributed by atoms with E-state index in [1.807, 2.05) is 37.3 Å². The van der Waals surface area contributed by atoms with E-state index in [9.17, 15) is 9.59 Å². The molecule has 0 aliphatic carbocycles. The minimum atomic E-state index is -0.381. The van der Waals surface area contributed by atoms with Gasteiger partial charge in [0.2, 0.25) is 6.29 Å². The fourth-order valence-electron chi connectivity index (χ4n) is 1.40. The number of likely N-dealkylation sites (N-methyl/N-ethyl adjacent to an activating group) is 1. The highest BCUT2D eigenvalue weighted by atomic mass is 16.2. The molecule has 1 rings (SSSR count). The number of rotatable bonds is 5. The van der Waals surface area contributed by atoms with E-state index in [0.29, 0.717) is 6.54 Å². The molecule has 0 aromatic heterocycles. The summed E-state index contributed by atoms with van der Waals surface area (Å²) in [5, 5.41) is 1.35. The minimum absolute atomic E-state index is 0.00685. The van der Waals surface area contributed by atoms with Crippen LogP contribution in [-0.4, -0.2) is 30.8 Å². The minimum Gasteiger partial charge on any atom is -0.285 e. The molecule has 0 unspecified atom stereocenters. The van der Waals surface area contributed by atoms with Gasteiger partial charge in [0.05, 0.1) is 5.57 Å². The molecule has 1 aromatic rings. The number of benzene rings is 1. The zero-order valence-corrected chi connectivity index (χ0v) is 9.93. The monoisotopic (exact) mass is 231 g/mol. The number of hydrogen-bond acceptors (Lipinski definition) is 3. The molecule has 0 heterocycles. The van der Waals surface area contributed by atoms with E-state index in [1.165, 1.54) is 11.1 Å². The van der Waals surface area contributed by atoms with Crippen molar-refractivity contribution in [2.75, 3.05) is 13.6 Å². The van der Waals surface area contributed by atoms with E-state index in [-0.39, 0.29) is 11.5 Å². The van der Waals surface area contributed by atoms with Crippen LogP contribution in [0.3, 0.4) is 0 Å². The molecule has 1 amide bonds. The highest BCUT2D eigenvalue weighted by molar-refractivity contribution is 6.14.